The van der Waals surface area contributed by atoms with Crippen LogP contribution in [0.15, 0.2) is 42.6 Å². The minimum Gasteiger partial charge on any atom is -0.493 e. The van der Waals surface area contributed by atoms with Gasteiger partial charge in [-0.3, -0.25) is 9.88 Å². The van der Waals surface area contributed by atoms with Crippen LogP contribution in [-0.4, -0.2) is 32.3 Å². The Hall–Kier alpha value is -3.19. The highest BCUT2D eigenvalue weighted by Crippen LogP contribution is 2.43. The van der Waals surface area contributed by atoms with Gasteiger partial charge in [-0.2, -0.15) is 0 Å². The van der Waals surface area contributed by atoms with E-state index < -0.39 is 6.03 Å². The number of hydrogen-bond acceptors (Lipinski definition) is 5. The van der Waals surface area contributed by atoms with Crippen molar-refractivity contribution in [2.24, 2.45) is 5.73 Å². The summed E-state index contributed by atoms with van der Waals surface area (Å²) in [6.45, 7) is 0. The summed E-state index contributed by atoms with van der Waals surface area (Å²) in [7, 11) is 4.51. The molecule has 0 spiro atoms. The summed E-state index contributed by atoms with van der Waals surface area (Å²) in [6.07, 6.45) is 1.59. The number of anilines is 2. The summed E-state index contributed by atoms with van der Waals surface area (Å²) in [4.78, 5) is 18.0. The Morgan fingerprint density at radius 1 is 1.04 bits per heavy atom. The zero-order valence-corrected chi connectivity index (χ0v) is 15.8. The fraction of sp³-hybridized carbons (Fsp3) is 0.158. The maximum Gasteiger partial charge on any atom is 0.323 e. The molecule has 0 saturated heterocycles. The number of carbonyl (C=O) groups is 1. The smallest absolute Gasteiger partial charge is 0.323 e. The minimum absolute atomic E-state index is 0.402. The highest BCUT2D eigenvalue weighted by molar-refractivity contribution is 6.31. The average Bonchev–Trinajstić information content (AvgIpc) is 2.66. The lowest BCUT2D eigenvalue weighted by molar-refractivity contribution is 0.256. The number of carbonyl (C=O) groups excluding carboxylic acids is 1. The number of hydrogen-bond donors (Lipinski definition) is 1. The van der Waals surface area contributed by atoms with Crippen molar-refractivity contribution >= 4 is 39.9 Å². The third-order valence-corrected chi connectivity index (χ3v) is 4.29. The lowest BCUT2D eigenvalue weighted by Crippen LogP contribution is -2.31. The molecule has 0 fully saturated rings. The molecule has 140 valence electrons. The van der Waals surface area contributed by atoms with Crippen LogP contribution in [0.1, 0.15) is 0 Å². The first-order valence-electron chi connectivity index (χ1n) is 7.94. The van der Waals surface area contributed by atoms with Crippen LogP contribution in [0.2, 0.25) is 5.02 Å². The number of urea groups is 1. The number of nitrogens with zero attached hydrogens (tertiary/aromatic N) is 2. The molecule has 0 saturated carbocycles. The molecule has 1 aromatic heterocycles. The van der Waals surface area contributed by atoms with Crippen molar-refractivity contribution < 1.29 is 19.0 Å². The van der Waals surface area contributed by atoms with E-state index >= 15 is 0 Å². The second-order valence-electron chi connectivity index (χ2n) is 5.55. The molecular formula is C19H18ClN3O4. The Morgan fingerprint density at radius 3 is 2.26 bits per heavy atom. The Bertz CT molecular complexity index is 984. The van der Waals surface area contributed by atoms with Crippen molar-refractivity contribution in [1.29, 1.82) is 0 Å². The molecule has 2 amide bonds. The number of ether oxygens (including phenoxy) is 3. The molecule has 3 rings (SSSR count). The number of amides is 2. The molecule has 2 aromatic carbocycles. The summed E-state index contributed by atoms with van der Waals surface area (Å²) in [5.74, 6) is 1.22. The lowest BCUT2D eigenvalue weighted by Gasteiger charge is -2.24. The van der Waals surface area contributed by atoms with Crippen molar-refractivity contribution in [3.8, 4) is 17.2 Å². The molecular weight excluding hydrogens is 370 g/mol. The Labute approximate surface area is 161 Å². The maximum absolute atomic E-state index is 12.4. The first kappa shape index (κ1) is 18.6. The van der Waals surface area contributed by atoms with Gasteiger partial charge in [0.2, 0.25) is 5.75 Å². The van der Waals surface area contributed by atoms with Gasteiger partial charge in [0.05, 0.1) is 38.2 Å². The fourth-order valence-electron chi connectivity index (χ4n) is 2.88. The third kappa shape index (κ3) is 3.41. The first-order valence-corrected chi connectivity index (χ1v) is 8.31. The van der Waals surface area contributed by atoms with E-state index in [0.717, 1.165) is 5.39 Å². The van der Waals surface area contributed by atoms with Gasteiger partial charge in [-0.05, 0) is 24.3 Å². The van der Waals surface area contributed by atoms with E-state index in [1.54, 1.807) is 42.6 Å². The molecule has 8 heteroatoms. The molecule has 27 heavy (non-hydrogen) atoms. The zero-order chi connectivity index (χ0) is 19.6. The van der Waals surface area contributed by atoms with Gasteiger partial charge in [-0.1, -0.05) is 11.6 Å². The second-order valence-corrected chi connectivity index (χ2v) is 5.99. The molecule has 0 atom stereocenters. The molecule has 0 unspecified atom stereocenters. The van der Waals surface area contributed by atoms with Crippen LogP contribution in [0.25, 0.3) is 10.9 Å². The predicted octanol–water partition coefficient (Wildman–Crippen LogP) is 4.13. The van der Waals surface area contributed by atoms with Gasteiger partial charge in [-0.15, -0.1) is 0 Å². The van der Waals surface area contributed by atoms with Crippen molar-refractivity contribution in [1.82, 2.24) is 4.98 Å². The van der Waals surface area contributed by atoms with E-state index in [1.807, 2.05) is 0 Å². The Kier molecular flexibility index (Phi) is 5.23. The number of nitrogens with two attached hydrogens (primary N) is 1. The van der Waals surface area contributed by atoms with Gasteiger partial charge in [0, 0.05) is 28.7 Å². The third-order valence-electron chi connectivity index (χ3n) is 4.05. The van der Waals surface area contributed by atoms with E-state index in [4.69, 9.17) is 31.5 Å². The van der Waals surface area contributed by atoms with Crippen LogP contribution in [0.5, 0.6) is 17.2 Å². The lowest BCUT2D eigenvalue weighted by atomic mass is 10.1. The van der Waals surface area contributed by atoms with Crippen molar-refractivity contribution in [2.45, 2.75) is 0 Å². The number of primary amides is 1. The highest BCUT2D eigenvalue weighted by Gasteiger charge is 2.22. The van der Waals surface area contributed by atoms with Crippen LogP contribution < -0.4 is 24.8 Å². The molecule has 2 N–H and O–H groups in total. The number of benzene rings is 2. The van der Waals surface area contributed by atoms with Gasteiger partial charge in [0.1, 0.15) is 0 Å². The van der Waals surface area contributed by atoms with E-state index in [1.165, 1.54) is 26.2 Å². The van der Waals surface area contributed by atoms with Gasteiger partial charge >= 0.3 is 6.03 Å². The largest absolute Gasteiger partial charge is 0.493 e. The zero-order valence-electron chi connectivity index (χ0n) is 15.0. The molecule has 0 bridgehead atoms. The summed E-state index contributed by atoms with van der Waals surface area (Å²) in [5.41, 5.74) is 7.35. The second kappa shape index (κ2) is 7.59. The fourth-order valence-corrected chi connectivity index (χ4v) is 3.05. The van der Waals surface area contributed by atoms with Crippen LogP contribution >= 0.6 is 11.6 Å². The van der Waals surface area contributed by atoms with E-state index in [0.29, 0.717) is 39.2 Å². The molecule has 0 aliphatic carbocycles. The SMILES string of the molecule is COc1cc(N(C(N)=O)c2ccnc3cc(Cl)ccc23)cc(OC)c1OC. The Morgan fingerprint density at radius 2 is 1.70 bits per heavy atom. The van der Waals surface area contributed by atoms with E-state index in [2.05, 4.69) is 4.98 Å². The maximum atomic E-state index is 12.4. The van der Waals surface area contributed by atoms with Gasteiger partial charge in [0.25, 0.3) is 0 Å². The van der Waals surface area contributed by atoms with Crippen LogP contribution in [0, 0.1) is 0 Å². The minimum atomic E-state index is -0.674. The number of aromatic nitrogens is 1. The topological polar surface area (TPSA) is 86.9 Å². The number of pyridine rings is 1. The summed E-state index contributed by atoms with van der Waals surface area (Å²) >= 11 is 6.05. The van der Waals surface area contributed by atoms with Gasteiger partial charge in [-0.25, -0.2) is 4.79 Å². The number of rotatable bonds is 5. The summed E-state index contributed by atoms with van der Waals surface area (Å²) in [6, 6.07) is 9.55. The van der Waals surface area contributed by atoms with Crippen molar-refractivity contribution in [3.05, 3.63) is 47.6 Å². The molecule has 0 aliphatic heterocycles. The van der Waals surface area contributed by atoms with Crippen molar-refractivity contribution in [3.63, 3.8) is 0 Å². The van der Waals surface area contributed by atoms with Gasteiger partial charge in [0.15, 0.2) is 11.5 Å². The number of fused-ring (bicyclic) bond motifs is 1. The quantitative estimate of drug-likeness (QED) is 0.711. The van der Waals surface area contributed by atoms with E-state index in [9.17, 15) is 4.79 Å². The molecule has 0 radical (unpaired) electrons. The molecule has 0 aliphatic rings. The van der Waals surface area contributed by atoms with Crippen LogP contribution in [0.4, 0.5) is 16.2 Å². The van der Waals surface area contributed by atoms with Crippen LogP contribution in [0.3, 0.4) is 0 Å². The van der Waals surface area contributed by atoms with Crippen molar-refractivity contribution in [2.75, 3.05) is 26.2 Å². The summed E-state index contributed by atoms with van der Waals surface area (Å²) in [5, 5.41) is 1.26. The highest BCUT2D eigenvalue weighted by atomic mass is 35.5. The van der Waals surface area contributed by atoms with Gasteiger partial charge < -0.3 is 19.9 Å². The number of methoxy groups -OCH3 is 3. The standard InChI is InChI=1S/C19H18ClN3O4/c1-25-16-9-12(10-17(26-2)18(16)27-3)23(19(21)24)15-6-7-22-14-8-11(20)4-5-13(14)15/h4-10H,1-3H3,(H2,21,24). The normalized spacial score (nSPS) is 10.5. The monoisotopic (exact) mass is 387 g/mol. The summed E-state index contributed by atoms with van der Waals surface area (Å²) < 4.78 is 16.1. The molecule has 3 aromatic rings. The molecule has 7 nitrogen and oxygen atoms in total. The first-order chi connectivity index (χ1) is 13.0. The average molecular weight is 388 g/mol. The Balaban J connectivity index is 2.25. The number of halogens is 1. The van der Waals surface area contributed by atoms with E-state index in [-0.39, 0.29) is 0 Å². The molecule has 1 heterocycles. The van der Waals surface area contributed by atoms with Crippen LogP contribution in [-0.2, 0) is 0 Å². The predicted molar refractivity (Wildman–Crippen MR) is 105 cm³/mol.